The van der Waals surface area contributed by atoms with Crippen molar-refractivity contribution in [2.75, 3.05) is 19.5 Å². The van der Waals surface area contributed by atoms with Crippen molar-refractivity contribution in [2.45, 2.75) is 6.61 Å². The van der Waals surface area contributed by atoms with Gasteiger partial charge in [0.25, 0.3) is 5.91 Å². The van der Waals surface area contributed by atoms with E-state index in [2.05, 4.69) is 5.32 Å². The van der Waals surface area contributed by atoms with E-state index in [1.807, 2.05) is 5.38 Å². The maximum atomic E-state index is 12.4. The fraction of sp³-hybridized carbons (Fsp3) is 0.143. The first-order chi connectivity index (χ1) is 13.6. The van der Waals surface area contributed by atoms with Crippen LogP contribution in [0.2, 0.25) is 0 Å². The van der Waals surface area contributed by atoms with Gasteiger partial charge in [0.2, 0.25) is 0 Å². The minimum Gasteiger partial charge on any atom is -0.497 e. The van der Waals surface area contributed by atoms with Gasteiger partial charge in [-0.2, -0.15) is 0 Å². The molecule has 144 valence electrons. The van der Waals surface area contributed by atoms with E-state index in [9.17, 15) is 9.59 Å². The van der Waals surface area contributed by atoms with Crippen molar-refractivity contribution in [3.63, 3.8) is 0 Å². The lowest BCUT2D eigenvalue weighted by molar-refractivity contribution is 0.0469. The third-order valence-corrected chi connectivity index (χ3v) is 4.82. The minimum absolute atomic E-state index is 0.0327. The van der Waals surface area contributed by atoms with E-state index in [-0.39, 0.29) is 12.5 Å². The molecule has 0 unspecified atom stereocenters. The van der Waals surface area contributed by atoms with Crippen molar-refractivity contribution >= 4 is 28.9 Å². The van der Waals surface area contributed by atoms with Gasteiger partial charge in [-0.1, -0.05) is 12.1 Å². The van der Waals surface area contributed by atoms with Crippen molar-refractivity contribution in [3.05, 3.63) is 76.0 Å². The molecule has 0 saturated heterocycles. The van der Waals surface area contributed by atoms with Gasteiger partial charge in [-0.15, -0.1) is 11.3 Å². The Labute approximate surface area is 166 Å². The number of hydrogen-bond acceptors (Lipinski definition) is 6. The summed E-state index contributed by atoms with van der Waals surface area (Å²) >= 11 is 1.35. The molecule has 3 rings (SSSR count). The molecule has 0 bridgehead atoms. The fourth-order valence-electron chi connectivity index (χ4n) is 2.55. The van der Waals surface area contributed by atoms with E-state index in [0.29, 0.717) is 33.2 Å². The number of rotatable bonds is 7. The van der Waals surface area contributed by atoms with E-state index in [1.165, 1.54) is 11.3 Å². The van der Waals surface area contributed by atoms with E-state index < -0.39 is 5.97 Å². The number of esters is 1. The Hall–Kier alpha value is -3.32. The van der Waals surface area contributed by atoms with Crippen LogP contribution in [0.3, 0.4) is 0 Å². The van der Waals surface area contributed by atoms with Crippen LogP contribution in [-0.4, -0.2) is 26.1 Å². The number of amides is 1. The highest BCUT2D eigenvalue weighted by Crippen LogP contribution is 2.25. The Kier molecular flexibility index (Phi) is 6.29. The maximum absolute atomic E-state index is 12.4. The molecule has 0 radical (unpaired) electrons. The van der Waals surface area contributed by atoms with Crippen LogP contribution in [0.5, 0.6) is 11.5 Å². The quantitative estimate of drug-likeness (QED) is 0.599. The van der Waals surface area contributed by atoms with Crippen LogP contribution in [0.1, 0.15) is 25.6 Å². The molecule has 28 heavy (non-hydrogen) atoms. The number of thiophene rings is 1. The van der Waals surface area contributed by atoms with Crippen LogP contribution in [0.25, 0.3) is 0 Å². The summed E-state index contributed by atoms with van der Waals surface area (Å²) in [5, 5.41) is 4.60. The average Bonchev–Trinajstić information content (AvgIpc) is 3.27. The van der Waals surface area contributed by atoms with Crippen LogP contribution in [0, 0.1) is 0 Å². The van der Waals surface area contributed by atoms with Crippen molar-refractivity contribution in [3.8, 4) is 11.5 Å². The second kappa shape index (κ2) is 9.05. The molecule has 0 aliphatic rings. The number of ether oxygens (including phenoxy) is 3. The standard InChI is InChI=1S/C21H19NO5S/c1-25-17-8-9-18(26-2)15(12-17)13-27-21(24)14-5-3-6-16(11-14)22-20(23)19-7-4-10-28-19/h3-12H,13H2,1-2H3,(H,22,23). The highest BCUT2D eigenvalue weighted by Gasteiger charge is 2.13. The smallest absolute Gasteiger partial charge is 0.338 e. The summed E-state index contributed by atoms with van der Waals surface area (Å²) in [5.74, 6) is 0.523. The Bertz CT molecular complexity index is 969. The first-order valence-electron chi connectivity index (χ1n) is 8.43. The number of benzene rings is 2. The predicted molar refractivity (Wildman–Crippen MR) is 107 cm³/mol. The third-order valence-electron chi connectivity index (χ3n) is 3.95. The van der Waals surface area contributed by atoms with Crippen LogP contribution in [0.4, 0.5) is 5.69 Å². The largest absolute Gasteiger partial charge is 0.497 e. The topological polar surface area (TPSA) is 73.9 Å². The second-order valence-corrected chi connectivity index (χ2v) is 6.71. The van der Waals surface area contributed by atoms with Gasteiger partial charge in [0, 0.05) is 11.3 Å². The molecule has 1 N–H and O–H groups in total. The Morgan fingerprint density at radius 1 is 1.00 bits per heavy atom. The van der Waals surface area contributed by atoms with E-state index in [1.54, 1.807) is 68.8 Å². The number of anilines is 1. The second-order valence-electron chi connectivity index (χ2n) is 5.77. The number of methoxy groups -OCH3 is 2. The van der Waals surface area contributed by atoms with Crippen LogP contribution >= 0.6 is 11.3 Å². The summed E-state index contributed by atoms with van der Waals surface area (Å²) in [6, 6.07) is 15.4. The first-order valence-corrected chi connectivity index (χ1v) is 9.31. The average molecular weight is 397 g/mol. The zero-order chi connectivity index (χ0) is 19.9. The van der Waals surface area contributed by atoms with Crippen LogP contribution < -0.4 is 14.8 Å². The van der Waals surface area contributed by atoms with Gasteiger partial charge in [-0.25, -0.2) is 4.79 Å². The summed E-state index contributed by atoms with van der Waals surface area (Å²) < 4.78 is 15.9. The van der Waals surface area contributed by atoms with E-state index in [0.717, 1.165) is 0 Å². The van der Waals surface area contributed by atoms with E-state index >= 15 is 0 Å². The molecule has 0 aliphatic heterocycles. The zero-order valence-electron chi connectivity index (χ0n) is 15.4. The molecule has 0 saturated carbocycles. The van der Waals surface area contributed by atoms with Gasteiger partial charge >= 0.3 is 5.97 Å². The molecular formula is C21H19NO5S. The molecule has 2 aromatic carbocycles. The fourth-order valence-corrected chi connectivity index (χ4v) is 3.16. The monoisotopic (exact) mass is 397 g/mol. The predicted octanol–water partition coefficient (Wildman–Crippen LogP) is 4.37. The molecular weight excluding hydrogens is 378 g/mol. The highest BCUT2D eigenvalue weighted by atomic mass is 32.1. The van der Waals surface area contributed by atoms with Crippen molar-refractivity contribution in [1.82, 2.24) is 0 Å². The lowest BCUT2D eigenvalue weighted by Crippen LogP contribution is -2.11. The number of nitrogens with one attached hydrogen (secondary N) is 1. The van der Waals surface area contributed by atoms with Gasteiger partial charge in [-0.3, -0.25) is 4.79 Å². The van der Waals surface area contributed by atoms with E-state index in [4.69, 9.17) is 14.2 Å². The molecule has 7 heteroatoms. The third kappa shape index (κ3) is 4.69. The van der Waals surface area contributed by atoms with Gasteiger partial charge in [0.05, 0.1) is 24.7 Å². The normalized spacial score (nSPS) is 10.2. The molecule has 1 aromatic heterocycles. The van der Waals surface area contributed by atoms with Crippen LogP contribution in [-0.2, 0) is 11.3 Å². The molecule has 0 aliphatic carbocycles. The van der Waals surface area contributed by atoms with Crippen LogP contribution in [0.15, 0.2) is 60.0 Å². The summed E-state index contributed by atoms with van der Waals surface area (Å²) in [4.78, 5) is 25.2. The van der Waals surface area contributed by atoms with Gasteiger partial charge in [-0.05, 0) is 47.8 Å². The highest BCUT2D eigenvalue weighted by molar-refractivity contribution is 7.12. The number of carbonyl (C=O) groups excluding carboxylic acids is 2. The van der Waals surface area contributed by atoms with Crippen molar-refractivity contribution < 1.29 is 23.8 Å². The number of carbonyl (C=O) groups is 2. The SMILES string of the molecule is COc1ccc(OC)c(COC(=O)c2cccc(NC(=O)c3cccs3)c2)c1. The first kappa shape index (κ1) is 19.4. The molecule has 0 fully saturated rings. The molecule has 0 atom stereocenters. The molecule has 1 amide bonds. The van der Waals surface area contributed by atoms with Gasteiger partial charge in [0.15, 0.2) is 0 Å². The van der Waals surface area contributed by atoms with Crippen molar-refractivity contribution in [2.24, 2.45) is 0 Å². The number of hydrogen-bond donors (Lipinski definition) is 1. The van der Waals surface area contributed by atoms with Gasteiger partial charge < -0.3 is 19.5 Å². The molecule has 3 aromatic rings. The molecule has 6 nitrogen and oxygen atoms in total. The molecule has 1 heterocycles. The Balaban J connectivity index is 1.67. The molecule has 0 spiro atoms. The summed E-state index contributed by atoms with van der Waals surface area (Å²) in [6.45, 7) is 0.0327. The summed E-state index contributed by atoms with van der Waals surface area (Å²) in [6.07, 6.45) is 0. The Morgan fingerprint density at radius 2 is 1.86 bits per heavy atom. The van der Waals surface area contributed by atoms with Crippen molar-refractivity contribution in [1.29, 1.82) is 0 Å². The van der Waals surface area contributed by atoms with Gasteiger partial charge in [0.1, 0.15) is 18.1 Å². The summed E-state index contributed by atoms with van der Waals surface area (Å²) in [7, 11) is 3.11. The maximum Gasteiger partial charge on any atom is 0.338 e. The lowest BCUT2D eigenvalue weighted by atomic mass is 10.2. The zero-order valence-corrected chi connectivity index (χ0v) is 16.2. The minimum atomic E-state index is -0.503. The Morgan fingerprint density at radius 3 is 2.57 bits per heavy atom. The summed E-state index contributed by atoms with van der Waals surface area (Å²) in [5.41, 5.74) is 1.55. The lowest BCUT2D eigenvalue weighted by Gasteiger charge is -2.11.